The number of nitrogens with two attached hydrogens (primary N) is 1. The summed E-state index contributed by atoms with van der Waals surface area (Å²) in [6.07, 6.45) is 4.71. The molecule has 0 saturated heterocycles. The number of pyridine rings is 1. The van der Waals surface area contributed by atoms with Crippen molar-refractivity contribution >= 4 is 28.8 Å². The van der Waals surface area contributed by atoms with Crippen molar-refractivity contribution in [3.63, 3.8) is 0 Å². The molecular formula is C16H15ClN4. The molecule has 0 saturated carbocycles. The van der Waals surface area contributed by atoms with Crippen molar-refractivity contribution in [3.8, 4) is 0 Å². The Hall–Kier alpha value is -2.59. The first-order valence-corrected chi connectivity index (χ1v) is 6.67. The topological polar surface area (TPSA) is 63.3 Å². The number of nitrogens with one attached hydrogen (secondary N) is 1. The Morgan fingerprint density at radius 3 is 2.57 bits per heavy atom. The normalized spacial score (nSPS) is 12.0. The number of halogens is 1. The average Bonchev–Trinajstić information content (AvgIpc) is 2.54. The fourth-order valence-electron chi connectivity index (χ4n) is 1.63. The monoisotopic (exact) mass is 298 g/mol. The molecule has 1 aromatic heterocycles. The lowest BCUT2D eigenvalue weighted by Gasteiger charge is -2.08. The van der Waals surface area contributed by atoms with Crippen LogP contribution in [0.4, 0.5) is 5.69 Å². The molecule has 0 amide bonds. The summed E-state index contributed by atoms with van der Waals surface area (Å²) < 4.78 is 0. The van der Waals surface area contributed by atoms with E-state index < -0.39 is 0 Å². The minimum absolute atomic E-state index is 0.562. The van der Waals surface area contributed by atoms with Crippen LogP contribution in [0.15, 0.2) is 72.5 Å². The molecule has 21 heavy (non-hydrogen) atoms. The summed E-state index contributed by atoms with van der Waals surface area (Å²) in [6, 6.07) is 12.8. The molecule has 0 aliphatic carbocycles. The second-order valence-electron chi connectivity index (χ2n) is 4.10. The van der Waals surface area contributed by atoms with Crippen molar-refractivity contribution in [1.29, 1.82) is 0 Å². The number of hydrogen-bond acceptors (Lipinski definition) is 3. The highest BCUT2D eigenvalue weighted by atomic mass is 35.5. The third kappa shape index (κ3) is 4.19. The standard InChI is InChI=1S/C16H15ClN4/c1-2-16(20-13-8-6-12(17)7-9-13)21-15(11-18)14-5-3-4-10-19-14/h2-11H,1,18H2,(H,20,21)/b15-11-. The van der Waals surface area contributed by atoms with Crippen LogP contribution >= 0.6 is 11.6 Å². The zero-order valence-electron chi connectivity index (χ0n) is 11.3. The van der Waals surface area contributed by atoms with Crippen LogP contribution in [0.5, 0.6) is 0 Å². The van der Waals surface area contributed by atoms with Gasteiger partial charge >= 0.3 is 0 Å². The van der Waals surface area contributed by atoms with E-state index in [4.69, 9.17) is 17.3 Å². The molecule has 1 heterocycles. The summed E-state index contributed by atoms with van der Waals surface area (Å²) >= 11 is 5.86. The molecule has 1 aromatic carbocycles. The van der Waals surface area contributed by atoms with Crippen LogP contribution in [0.25, 0.3) is 5.70 Å². The zero-order valence-corrected chi connectivity index (χ0v) is 12.1. The molecule has 0 aliphatic heterocycles. The maximum Gasteiger partial charge on any atom is 0.130 e. The van der Waals surface area contributed by atoms with Crippen LogP contribution in [0.1, 0.15) is 5.69 Å². The maximum atomic E-state index is 5.86. The molecule has 106 valence electrons. The van der Waals surface area contributed by atoms with Crippen LogP contribution in [0.3, 0.4) is 0 Å². The first-order chi connectivity index (χ1) is 10.2. The van der Waals surface area contributed by atoms with Gasteiger partial charge in [-0.1, -0.05) is 24.2 Å². The predicted molar refractivity (Wildman–Crippen MR) is 89.1 cm³/mol. The van der Waals surface area contributed by atoms with Crippen molar-refractivity contribution in [2.75, 3.05) is 5.32 Å². The Bertz CT molecular complexity index is 660. The van der Waals surface area contributed by atoms with E-state index in [-0.39, 0.29) is 0 Å². The minimum Gasteiger partial charge on any atom is -0.403 e. The molecule has 0 radical (unpaired) electrons. The maximum absolute atomic E-state index is 5.86. The van der Waals surface area contributed by atoms with Gasteiger partial charge < -0.3 is 11.1 Å². The summed E-state index contributed by atoms with van der Waals surface area (Å²) in [5.41, 5.74) is 7.74. The van der Waals surface area contributed by atoms with E-state index in [0.29, 0.717) is 22.2 Å². The Balaban J connectivity index is 2.23. The Morgan fingerprint density at radius 1 is 1.24 bits per heavy atom. The predicted octanol–water partition coefficient (Wildman–Crippen LogP) is 3.69. The lowest BCUT2D eigenvalue weighted by Crippen LogP contribution is -2.09. The summed E-state index contributed by atoms with van der Waals surface area (Å²) in [5.74, 6) is 0.569. The molecule has 5 heteroatoms. The molecule has 2 aromatic rings. The largest absolute Gasteiger partial charge is 0.403 e. The van der Waals surface area contributed by atoms with Crippen molar-refractivity contribution in [1.82, 2.24) is 4.98 Å². The van der Waals surface area contributed by atoms with Gasteiger partial charge in [-0.05, 0) is 42.5 Å². The Labute approximate surface area is 128 Å². The van der Waals surface area contributed by atoms with Gasteiger partial charge in [0.15, 0.2) is 0 Å². The van der Waals surface area contributed by atoms with Crippen molar-refractivity contribution in [2.24, 2.45) is 10.7 Å². The van der Waals surface area contributed by atoms with Gasteiger partial charge in [0.2, 0.25) is 0 Å². The van der Waals surface area contributed by atoms with E-state index in [0.717, 1.165) is 5.69 Å². The number of nitrogens with zero attached hydrogens (tertiary/aromatic N) is 2. The summed E-state index contributed by atoms with van der Waals surface area (Å²) in [7, 11) is 0. The third-order valence-corrected chi connectivity index (χ3v) is 2.89. The van der Waals surface area contributed by atoms with Crippen LogP contribution in [0, 0.1) is 0 Å². The van der Waals surface area contributed by atoms with Crippen molar-refractivity contribution < 1.29 is 0 Å². The van der Waals surface area contributed by atoms with Gasteiger partial charge in [0.25, 0.3) is 0 Å². The van der Waals surface area contributed by atoms with Gasteiger partial charge in [-0.15, -0.1) is 0 Å². The number of hydrogen-bond donors (Lipinski definition) is 2. The number of aromatic nitrogens is 1. The summed E-state index contributed by atoms with van der Waals surface area (Å²) in [5, 5.41) is 3.81. The molecule has 0 aliphatic rings. The van der Waals surface area contributed by atoms with Crippen LogP contribution in [-0.2, 0) is 0 Å². The van der Waals surface area contributed by atoms with Gasteiger partial charge in [0.1, 0.15) is 11.5 Å². The molecule has 0 atom stereocenters. The van der Waals surface area contributed by atoms with E-state index >= 15 is 0 Å². The number of benzene rings is 1. The quantitative estimate of drug-likeness (QED) is 0.668. The fourth-order valence-corrected chi connectivity index (χ4v) is 1.76. The minimum atomic E-state index is 0.562. The van der Waals surface area contributed by atoms with Crippen LogP contribution in [-0.4, -0.2) is 10.8 Å². The van der Waals surface area contributed by atoms with E-state index in [9.17, 15) is 0 Å². The molecule has 0 unspecified atom stereocenters. The zero-order chi connectivity index (χ0) is 15.1. The molecule has 0 fully saturated rings. The Kier molecular flexibility index (Phi) is 5.12. The first kappa shape index (κ1) is 14.8. The SMILES string of the molecule is C=CC(=N/C(=C\N)c1ccccn1)Nc1ccc(Cl)cc1. The second-order valence-corrected chi connectivity index (χ2v) is 4.54. The lowest BCUT2D eigenvalue weighted by atomic mass is 10.3. The molecule has 4 nitrogen and oxygen atoms in total. The number of rotatable bonds is 4. The first-order valence-electron chi connectivity index (χ1n) is 6.30. The molecule has 0 bridgehead atoms. The molecule has 3 N–H and O–H groups in total. The van der Waals surface area contributed by atoms with E-state index in [1.165, 1.54) is 6.20 Å². The van der Waals surface area contributed by atoms with Gasteiger partial charge in [-0.2, -0.15) is 0 Å². The smallest absolute Gasteiger partial charge is 0.130 e. The van der Waals surface area contributed by atoms with E-state index in [2.05, 4.69) is 21.9 Å². The highest BCUT2D eigenvalue weighted by molar-refractivity contribution is 6.30. The van der Waals surface area contributed by atoms with Gasteiger partial charge in [0, 0.05) is 23.1 Å². The van der Waals surface area contributed by atoms with Crippen molar-refractivity contribution in [2.45, 2.75) is 0 Å². The average molecular weight is 299 g/mol. The van der Waals surface area contributed by atoms with E-state index in [1.807, 2.05) is 30.3 Å². The van der Waals surface area contributed by atoms with Gasteiger partial charge in [-0.3, -0.25) is 4.98 Å². The van der Waals surface area contributed by atoms with Gasteiger partial charge in [-0.25, -0.2) is 4.99 Å². The summed E-state index contributed by atoms with van der Waals surface area (Å²) in [6.45, 7) is 3.75. The van der Waals surface area contributed by atoms with Crippen LogP contribution < -0.4 is 11.1 Å². The highest BCUT2D eigenvalue weighted by Gasteiger charge is 2.02. The van der Waals surface area contributed by atoms with Crippen LogP contribution in [0.2, 0.25) is 5.02 Å². The lowest BCUT2D eigenvalue weighted by molar-refractivity contribution is 1.25. The molecular weight excluding hydrogens is 284 g/mol. The van der Waals surface area contributed by atoms with Gasteiger partial charge in [0.05, 0.1) is 5.69 Å². The number of amidine groups is 1. The Morgan fingerprint density at radius 2 is 2.00 bits per heavy atom. The highest BCUT2D eigenvalue weighted by Crippen LogP contribution is 2.15. The number of anilines is 1. The third-order valence-electron chi connectivity index (χ3n) is 2.64. The second kappa shape index (κ2) is 7.26. The van der Waals surface area contributed by atoms with Crippen molar-refractivity contribution in [3.05, 3.63) is 78.2 Å². The molecule has 0 spiro atoms. The summed E-state index contributed by atoms with van der Waals surface area (Å²) in [4.78, 5) is 8.65. The van der Waals surface area contributed by atoms with E-state index in [1.54, 1.807) is 24.4 Å². The molecule has 2 rings (SSSR count). The fraction of sp³-hybridized carbons (Fsp3) is 0. The number of aliphatic imine (C=N–C) groups is 1.